The molecule has 0 atom stereocenters. The van der Waals surface area contributed by atoms with Gasteiger partial charge in [-0.05, 0) is 36.4 Å². The standard InChI is InChI=1S/C13H9FN2O/c14-10-6-4-9(5-7-10)12-13(17)16-8-2-1-3-11(16)15-12/h1-8,17H. The van der Waals surface area contributed by atoms with E-state index in [-0.39, 0.29) is 11.7 Å². The van der Waals surface area contributed by atoms with E-state index in [4.69, 9.17) is 0 Å². The van der Waals surface area contributed by atoms with Crippen molar-refractivity contribution in [3.05, 3.63) is 54.5 Å². The molecule has 3 aromatic rings. The molecule has 0 aliphatic rings. The molecule has 17 heavy (non-hydrogen) atoms. The number of nitrogens with zero attached hydrogens (tertiary/aromatic N) is 2. The Labute approximate surface area is 96.8 Å². The number of rotatable bonds is 1. The lowest BCUT2D eigenvalue weighted by Crippen LogP contribution is -1.81. The molecular formula is C13H9FN2O. The van der Waals surface area contributed by atoms with Gasteiger partial charge in [0.15, 0.2) is 0 Å². The van der Waals surface area contributed by atoms with Crippen LogP contribution in [0.15, 0.2) is 48.7 Å². The quantitative estimate of drug-likeness (QED) is 0.695. The van der Waals surface area contributed by atoms with Crippen molar-refractivity contribution in [3.63, 3.8) is 0 Å². The van der Waals surface area contributed by atoms with Gasteiger partial charge in [-0.15, -0.1) is 0 Å². The van der Waals surface area contributed by atoms with Gasteiger partial charge in [-0.2, -0.15) is 0 Å². The smallest absolute Gasteiger partial charge is 0.224 e. The van der Waals surface area contributed by atoms with Crippen molar-refractivity contribution in [2.45, 2.75) is 0 Å². The first-order chi connectivity index (χ1) is 8.25. The fraction of sp³-hybridized carbons (Fsp3) is 0. The zero-order valence-electron chi connectivity index (χ0n) is 8.84. The van der Waals surface area contributed by atoms with E-state index in [1.165, 1.54) is 12.1 Å². The molecule has 0 amide bonds. The number of fused-ring (bicyclic) bond motifs is 1. The average Bonchev–Trinajstić information content (AvgIpc) is 2.69. The third-order valence-electron chi connectivity index (χ3n) is 2.62. The second kappa shape index (κ2) is 3.59. The first-order valence-corrected chi connectivity index (χ1v) is 5.18. The van der Waals surface area contributed by atoms with Gasteiger partial charge in [0.05, 0.1) is 0 Å². The largest absolute Gasteiger partial charge is 0.493 e. The molecule has 0 unspecified atom stereocenters. The highest BCUT2D eigenvalue weighted by Gasteiger charge is 2.12. The Morgan fingerprint density at radius 3 is 2.53 bits per heavy atom. The maximum absolute atomic E-state index is 12.8. The lowest BCUT2D eigenvalue weighted by molar-refractivity contribution is 0.450. The summed E-state index contributed by atoms with van der Waals surface area (Å²) < 4.78 is 14.4. The summed E-state index contributed by atoms with van der Waals surface area (Å²) in [5, 5.41) is 10.0. The topological polar surface area (TPSA) is 37.5 Å². The van der Waals surface area contributed by atoms with Gasteiger partial charge in [0.2, 0.25) is 5.88 Å². The van der Waals surface area contributed by atoms with Crippen LogP contribution in [-0.2, 0) is 0 Å². The van der Waals surface area contributed by atoms with E-state index in [2.05, 4.69) is 4.98 Å². The molecule has 0 bridgehead atoms. The Balaban J connectivity index is 2.24. The second-order valence-corrected chi connectivity index (χ2v) is 3.72. The summed E-state index contributed by atoms with van der Waals surface area (Å²) in [6, 6.07) is 11.3. The highest BCUT2D eigenvalue weighted by molar-refractivity contribution is 5.68. The molecule has 4 heteroatoms. The van der Waals surface area contributed by atoms with Crippen molar-refractivity contribution >= 4 is 5.65 Å². The van der Waals surface area contributed by atoms with E-state index in [1.54, 1.807) is 28.8 Å². The third-order valence-corrected chi connectivity index (χ3v) is 2.62. The third kappa shape index (κ3) is 1.54. The summed E-state index contributed by atoms with van der Waals surface area (Å²) >= 11 is 0. The average molecular weight is 228 g/mol. The first-order valence-electron chi connectivity index (χ1n) is 5.18. The molecule has 1 N–H and O–H groups in total. The molecule has 3 rings (SSSR count). The molecular weight excluding hydrogens is 219 g/mol. The fourth-order valence-corrected chi connectivity index (χ4v) is 1.78. The molecule has 0 fully saturated rings. The Kier molecular flexibility index (Phi) is 2.08. The van der Waals surface area contributed by atoms with E-state index in [0.717, 1.165) is 0 Å². The Bertz CT molecular complexity index is 673. The summed E-state index contributed by atoms with van der Waals surface area (Å²) in [5.74, 6) is -0.246. The van der Waals surface area contributed by atoms with Crippen LogP contribution in [0.2, 0.25) is 0 Å². The molecule has 2 aromatic heterocycles. The Morgan fingerprint density at radius 1 is 1.06 bits per heavy atom. The van der Waals surface area contributed by atoms with Crippen LogP contribution in [-0.4, -0.2) is 14.5 Å². The van der Waals surface area contributed by atoms with Crippen LogP contribution in [0.1, 0.15) is 0 Å². The van der Waals surface area contributed by atoms with Crippen molar-refractivity contribution in [1.29, 1.82) is 0 Å². The normalized spacial score (nSPS) is 10.9. The van der Waals surface area contributed by atoms with E-state index in [9.17, 15) is 9.50 Å². The molecule has 0 aliphatic heterocycles. The predicted octanol–water partition coefficient (Wildman–Crippen LogP) is 2.85. The number of imidazole rings is 1. The first kappa shape index (κ1) is 9.84. The Morgan fingerprint density at radius 2 is 1.82 bits per heavy atom. The van der Waals surface area contributed by atoms with Crippen LogP contribution in [0.4, 0.5) is 4.39 Å². The zero-order valence-corrected chi connectivity index (χ0v) is 8.84. The van der Waals surface area contributed by atoms with Crippen molar-refractivity contribution < 1.29 is 9.50 Å². The highest BCUT2D eigenvalue weighted by atomic mass is 19.1. The summed E-state index contributed by atoms with van der Waals surface area (Å²) in [4.78, 5) is 4.30. The van der Waals surface area contributed by atoms with Gasteiger partial charge < -0.3 is 5.11 Å². The van der Waals surface area contributed by atoms with Crippen LogP contribution in [0.25, 0.3) is 16.9 Å². The molecule has 0 aliphatic carbocycles. The van der Waals surface area contributed by atoms with Crippen LogP contribution < -0.4 is 0 Å². The van der Waals surface area contributed by atoms with Gasteiger partial charge in [-0.3, -0.25) is 4.40 Å². The highest BCUT2D eigenvalue weighted by Crippen LogP contribution is 2.29. The van der Waals surface area contributed by atoms with Gasteiger partial charge in [-0.25, -0.2) is 9.37 Å². The van der Waals surface area contributed by atoms with Crippen LogP contribution in [0.5, 0.6) is 5.88 Å². The Hall–Kier alpha value is -2.36. The molecule has 1 aromatic carbocycles. The number of benzene rings is 1. The van der Waals surface area contributed by atoms with Crippen LogP contribution >= 0.6 is 0 Å². The van der Waals surface area contributed by atoms with E-state index >= 15 is 0 Å². The van der Waals surface area contributed by atoms with Crippen molar-refractivity contribution in [2.24, 2.45) is 0 Å². The van der Waals surface area contributed by atoms with Gasteiger partial charge >= 0.3 is 0 Å². The van der Waals surface area contributed by atoms with Gasteiger partial charge in [0.25, 0.3) is 0 Å². The summed E-state index contributed by atoms with van der Waals surface area (Å²) in [5.41, 5.74) is 1.80. The van der Waals surface area contributed by atoms with Crippen molar-refractivity contribution in [3.8, 4) is 17.1 Å². The van der Waals surface area contributed by atoms with Crippen molar-refractivity contribution in [1.82, 2.24) is 9.38 Å². The summed E-state index contributed by atoms with van der Waals surface area (Å²) in [6.45, 7) is 0. The minimum atomic E-state index is -0.308. The SMILES string of the molecule is Oc1c(-c2ccc(F)cc2)nc2ccccn12. The molecule has 2 heterocycles. The number of aromatic hydroxyl groups is 1. The summed E-state index contributed by atoms with van der Waals surface area (Å²) in [6.07, 6.45) is 1.73. The van der Waals surface area contributed by atoms with Gasteiger partial charge in [-0.1, -0.05) is 6.07 Å². The number of hydrogen-bond acceptors (Lipinski definition) is 2. The van der Waals surface area contributed by atoms with Crippen molar-refractivity contribution in [2.75, 3.05) is 0 Å². The molecule has 0 radical (unpaired) electrons. The minimum Gasteiger partial charge on any atom is -0.493 e. The van der Waals surface area contributed by atoms with E-state index in [0.29, 0.717) is 16.9 Å². The number of aromatic nitrogens is 2. The minimum absolute atomic E-state index is 0.0622. The van der Waals surface area contributed by atoms with Crippen LogP contribution in [0.3, 0.4) is 0 Å². The monoisotopic (exact) mass is 228 g/mol. The van der Waals surface area contributed by atoms with Gasteiger partial charge in [0.1, 0.15) is 17.2 Å². The van der Waals surface area contributed by atoms with E-state index in [1.807, 2.05) is 12.1 Å². The number of pyridine rings is 1. The number of hydrogen-bond donors (Lipinski definition) is 1. The van der Waals surface area contributed by atoms with Crippen LogP contribution in [0, 0.1) is 5.82 Å². The molecule has 0 spiro atoms. The van der Waals surface area contributed by atoms with E-state index < -0.39 is 0 Å². The fourth-order valence-electron chi connectivity index (χ4n) is 1.78. The molecule has 0 saturated heterocycles. The maximum Gasteiger partial charge on any atom is 0.224 e. The lowest BCUT2D eigenvalue weighted by Gasteiger charge is -1.97. The molecule has 3 nitrogen and oxygen atoms in total. The molecule has 84 valence electrons. The predicted molar refractivity (Wildman–Crippen MR) is 62.3 cm³/mol. The van der Waals surface area contributed by atoms with Gasteiger partial charge in [0, 0.05) is 11.8 Å². The second-order valence-electron chi connectivity index (χ2n) is 3.72. The lowest BCUT2D eigenvalue weighted by atomic mass is 10.1. The maximum atomic E-state index is 12.8. The summed E-state index contributed by atoms with van der Waals surface area (Å²) in [7, 11) is 0. The zero-order chi connectivity index (χ0) is 11.8. The number of halogens is 1. The molecule has 0 saturated carbocycles.